The van der Waals surface area contributed by atoms with Gasteiger partial charge in [-0.1, -0.05) is 42.5 Å². The zero-order chi connectivity index (χ0) is 14.5. The summed E-state index contributed by atoms with van der Waals surface area (Å²) in [5.74, 6) is 0.0768. The minimum atomic E-state index is -0.654. The average Bonchev–Trinajstić information content (AvgIpc) is 2.49. The van der Waals surface area contributed by atoms with Crippen molar-refractivity contribution in [3.8, 4) is 5.75 Å². The Morgan fingerprint density at radius 1 is 1.15 bits per heavy atom. The van der Waals surface area contributed by atoms with Gasteiger partial charge >= 0.3 is 0 Å². The van der Waals surface area contributed by atoms with Crippen LogP contribution in [0.2, 0.25) is 0 Å². The van der Waals surface area contributed by atoms with Gasteiger partial charge in [-0.05, 0) is 23.3 Å². The van der Waals surface area contributed by atoms with Gasteiger partial charge in [0.2, 0.25) is 5.91 Å². The summed E-state index contributed by atoms with van der Waals surface area (Å²) in [6, 6.07) is 15.4. The number of hydrogen-bond donors (Lipinski definition) is 2. The molecule has 2 rings (SSSR count). The van der Waals surface area contributed by atoms with Crippen LogP contribution < -0.4 is 5.73 Å². The number of carbonyl (C=O) groups is 1. The molecular weight excluding hydrogens is 252 g/mol. The van der Waals surface area contributed by atoms with E-state index in [1.807, 2.05) is 30.3 Å². The Bertz CT molecular complexity index is 567. The first-order valence-corrected chi connectivity index (χ1v) is 6.41. The van der Waals surface area contributed by atoms with Gasteiger partial charge in [-0.2, -0.15) is 0 Å². The van der Waals surface area contributed by atoms with Gasteiger partial charge in [-0.3, -0.25) is 4.79 Å². The standard InChI is InChI=1S/C16H18N2O2/c1-18(11-12-7-9-14(19)10-8-12)16(20)15(17)13-5-3-2-4-6-13/h2-10,15,19H,11,17H2,1H3/t15-/m0/s1. The molecule has 0 unspecified atom stereocenters. The Kier molecular flexibility index (Phi) is 4.38. The molecule has 0 fully saturated rings. The molecule has 4 heteroatoms. The van der Waals surface area contributed by atoms with Gasteiger partial charge in [0.15, 0.2) is 0 Å². The first kappa shape index (κ1) is 14.1. The number of likely N-dealkylation sites (N-methyl/N-ethyl adjacent to an activating group) is 1. The van der Waals surface area contributed by atoms with Crippen molar-refractivity contribution in [1.82, 2.24) is 4.90 Å². The predicted molar refractivity (Wildman–Crippen MR) is 78.0 cm³/mol. The van der Waals surface area contributed by atoms with Gasteiger partial charge < -0.3 is 15.7 Å². The van der Waals surface area contributed by atoms with Crippen LogP contribution in [0, 0.1) is 0 Å². The number of aromatic hydroxyl groups is 1. The molecule has 0 aromatic heterocycles. The highest BCUT2D eigenvalue weighted by Crippen LogP contribution is 2.15. The number of amides is 1. The van der Waals surface area contributed by atoms with E-state index in [1.165, 1.54) is 0 Å². The lowest BCUT2D eigenvalue weighted by Crippen LogP contribution is -2.35. The van der Waals surface area contributed by atoms with Crippen molar-refractivity contribution in [2.75, 3.05) is 7.05 Å². The molecule has 1 atom stereocenters. The number of benzene rings is 2. The van der Waals surface area contributed by atoms with Crippen molar-refractivity contribution < 1.29 is 9.90 Å². The fourth-order valence-corrected chi connectivity index (χ4v) is 1.99. The molecule has 0 bridgehead atoms. The van der Waals surface area contributed by atoms with Gasteiger partial charge in [-0.15, -0.1) is 0 Å². The molecule has 3 N–H and O–H groups in total. The summed E-state index contributed by atoms with van der Waals surface area (Å²) in [6.45, 7) is 0.458. The van der Waals surface area contributed by atoms with E-state index in [0.29, 0.717) is 6.54 Å². The normalized spacial score (nSPS) is 11.9. The maximum atomic E-state index is 12.3. The fraction of sp³-hybridized carbons (Fsp3) is 0.188. The summed E-state index contributed by atoms with van der Waals surface area (Å²) < 4.78 is 0. The highest BCUT2D eigenvalue weighted by Gasteiger charge is 2.19. The molecule has 0 saturated carbocycles. The van der Waals surface area contributed by atoms with Gasteiger partial charge in [-0.25, -0.2) is 0 Å². The highest BCUT2D eigenvalue weighted by molar-refractivity contribution is 5.82. The van der Waals surface area contributed by atoms with Crippen LogP contribution in [0.4, 0.5) is 0 Å². The quantitative estimate of drug-likeness (QED) is 0.893. The summed E-state index contributed by atoms with van der Waals surface area (Å²) in [5, 5.41) is 9.24. The van der Waals surface area contributed by atoms with Crippen LogP contribution in [-0.4, -0.2) is 23.0 Å². The smallest absolute Gasteiger partial charge is 0.244 e. The number of rotatable bonds is 4. The van der Waals surface area contributed by atoms with Gasteiger partial charge in [0, 0.05) is 13.6 Å². The lowest BCUT2D eigenvalue weighted by atomic mass is 10.1. The van der Waals surface area contributed by atoms with Crippen LogP contribution in [0.25, 0.3) is 0 Å². The molecule has 2 aromatic carbocycles. The van der Waals surface area contributed by atoms with Crippen molar-refractivity contribution in [3.05, 3.63) is 65.7 Å². The van der Waals surface area contributed by atoms with Crippen LogP contribution in [-0.2, 0) is 11.3 Å². The van der Waals surface area contributed by atoms with Crippen LogP contribution in [0.15, 0.2) is 54.6 Å². The zero-order valence-corrected chi connectivity index (χ0v) is 11.4. The molecular formula is C16H18N2O2. The maximum Gasteiger partial charge on any atom is 0.244 e. The third-order valence-corrected chi connectivity index (χ3v) is 3.16. The summed E-state index contributed by atoms with van der Waals surface area (Å²) in [5.41, 5.74) is 7.73. The van der Waals surface area contributed by atoms with Gasteiger partial charge in [0.1, 0.15) is 11.8 Å². The molecule has 104 valence electrons. The number of phenolic OH excluding ortho intramolecular Hbond substituents is 1. The van der Waals surface area contributed by atoms with Crippen molar-refractivity contribution in [2.24, 2.45) is 5.73 Å². The van der Waals surface area contributed by atoms with E-state index in [-0.39, 0.29) is 11.7 Å². The second-order valence-corrected chi connectivity index (χ2v) is 4.75. The van der Waals surface area contributed by atoms with Crippen LogP contribution >= 0.6 is 0 Å². The van der Waals surface area contributed by atoms with Crippen molar-refractivity contribution >= 4 is 5.91 Å². The Morgan fingerprint density at radius 2 is 1.75 bits per heavy atom. The minimum Gasteiger partial charge on any atom is -0.508 e. The molecule has 4 nitrogen and oxygen atoms in total. The van der Waals surface area contributed by atoms with Crippen molar-refractivity contribution in [1.29, 1.82) is 0 Å². The predicted octanol–water partition coefficient (Wildman–Crippen LogP) is 2.05. The summed E-state index contributed by atoms with van der Waals surface area (Å²) in [4.78, 5) is 13.9. The Labute approximate surface area is 118 Å². The van der Waals surface area contributed by atoms with E-state index in [9.17, 15) is 9.90 Å². The van der Waals surface area contributed by atoms with Gasteiger partial charge in [0.05, 0.1) is 0 Å². The largest absolute Gasteiger partial charge is 0.508 e. The lowest BCUT2D eigenvalue weighted by molar-refractivity contribution is -0.131. The SMILES string of the molecule is CN(Cc1ccc(O)cc1)C(=O)[C@@H](N)c1ccccc1. The molecule has 0 saturated heterocycles. The molecule has 2 aromatic rings. The molecule has 1 amide bonds. The summed E-state index contributed by atoms with van der Waals surface area (Å²) in [7, 11) is 1.72. The van der Waals surface area contributed by atoms with Crippen LogP contribution in [0.1, 0.15) is 17.2 Å². The minimum absolute atomic E-state index is 0.135. The van der Waals surface area contributed by atoms with E-state index in [0.717, 1.165) is 11.1 Å². The van der Waals surface area contributed by atoms with Crippen molar-refractivity contribution in [3.63, 3.8) is 0 Å². The Hall–Kier alpha value is -2.33. The lowest BCUT2D eigenvalue weighted by Gasteiger charge is -2.21. The van der Waals surface area contributed by atoms with Gasteiger partial charge in [0.25, 0.3) is 0 Å². The van der Waals surface area contributed by atoms with Crippen LogP contribution in [0.5, 0.6) is 5.75 Å². The molecule has 0 radical (unpaired) electrons. The highest BCUT2D eigenvalue weighted by atomic mass is 16.3. The van der Waals surface area contributed by atoms with Crippen LogP contribution in [0.3, 0.4) is 0 Å². The number of nitrogens with zero attached hydrogens (tertiary/aromatic N) is 1. The third kappa shape index (κ3) is 3.36. The second-order valence-electron chi connectivity index (χ2n) is 4.75. The second kappa shape index (κ2) is 6.21. The average molecular weight is 270 g/mol. The molecule has 0 spiro atoms. The molecule has 0 aliphatic rings. The first-order valence-electron chi connectivity index (χ1n) is 6.41. The molecule has 0 heterocycles. The van der Waals surface area contributed by atoms with Crippen molar-refractivity contribution in [2.45, 2.75) is 12.6 Å². The summed E-state index contributed by atoms with van der Waals surface area (Å²) >= 11 is 0. The number of nitrogens with two attached hydrogens (primary N) is 1. The molecule has 0 aliphatic carbocycles. The number of carbonyl (C=O) groups excluding carboxylic acids is 1. The maximum absolute atomic E-state index is 12.3. The fourth-order valence-electron chi connectivity index (χ4n) is 1.99. The monoisotopic (exact) mass is 270 g/mol. The molecule has 20 heavy (non-hydrogen) atoms. The number of phenols is 1. The Morgan fingerprint density at radius 3 is 2.35 bits per heavy atom. The topological polar surface area (TPSA) is 66.6 Å². The van der Waals surface area contributed by atoms with E-state index < -0.39 is 6.04 Å². The third-order valence-electron chi connectivity index (χ3n) is 3.16. The van der Waals surface area contributed by atoms with E-state index in [1.54, 1.807) is 36.2 Å². The Balaban J connectivity index is 2.03. The van der Waals surface area contributed by atoms with E-state index in [4.69, 9.17) is 5.73 Å². The number of hydrogen-bond acceptors (Lipinski definition) is 3. The zero-order valence-electron chi connectivity index (χ0n) is 11.4. The summed E-state index contributed by atoms with van der Waals surface area (Å²) in [6.07, 6.45) is 0. The first-order chi connectivity index (χ1) is 9.58. The van der Waals surface area contributed by atoms with E-state index >= 15 is 0 Å². The van der Waals surface area contributed by atoms with E-state index in [2.05, 4.69) is 0 Å². The molecule has 0 aliphatic heterocycles.